The third-order valence-electron chi connectivity index (χ3n) is 4.28. The smallest absolute Gasteiger partial charge is 0.241 e. The van der Waals surface area contributed by atoms with Crippen LogP contribution in [0.2, 0.25) is 0 Å². The molecule has 2 unspecified atom stereocenters. The summed E-state index contributed by atoms with van der Waals surface area (Å²) in [5.41, 5.74) is 0.843. The van der Waals surface area contributed by atoms with E-state index in [-0.39, 0.29) is 23.9 Å². The number of nitrogens with zero attached hydrogens (tertiary/aromatic N) is 1. The molecule has 0 aromatic heterocycles. The number of benzene rings is 1. The monoisotopic (exact) mass is 290 g/mol. The molecular formula is C17H23FN2O. The van der Waals surface area contributed by atoms with Crippen LogP contribution in [0.25, 0.3) is 0 Å². The highest BCUT2D eigenvalue weighted by molar-refractivity contribution is 5.84. The number of amides is 1. The van der Waals surface area contributed by atoms with Gasteiger partial charge in [-0.3, -0.25) is 10.1 Å². The Morgan fingerprint density at radius 3 is 2.76 bits per heavy atom. The first-order chi connectivity index (χ1) is 10.0. The highest BCUT2D eigenvalue weighted by atomic mass is 19.1. The summed E-state index contributed by atoms with van der Waals surface area (Å²) in [6.07, 6.45) is 3.05. The lowest BCUT2D eigenvalue weighted by Crippen LogP contribution is -2.33. The average molecular weight is 290 g/mol. The third-order valence-corrected chi connectivity index (χ3v) is 4.28. The van der Waals surface area contributed by atoms with Crippen molar-refractivity contribution in [2.24, 2.45) is 11.8 Å². The number of hydrogen-bond acceptors (Lipinski definition) is 2. The topological polar surface area (TPSA) is 32.3 Å². The maximum Gasteiger partial charge on any atom is 0.241 e. The van der Waals surface area contributed by atoms with Gasteiger partial charge in [-0.25, -0.2) is 4.39 Å². The summed E-state index contributed by atoms with van der Waals surface area (Å²) < 4.78 is 13.5. The molecule has 1 N–H and O–H groups in total. The molecule has 1 aromatic rings. The standard InChI is InChI=1S/C17H23FN2O/c1-11(2)8-15-17(21)20(10-12-6-7-12)16(19-15)13-4-3-5-14(18)9-13/h3-5,9,11-12,15-16,19H,6-8,10H2,1-2H3. The van der Waals surface area contributed by atoms with Gasteiger partial charge < -0.3 is 4.90 Å². The van der Waals surface area contributed by atoms with E-state index in [2.05, 4.69) is 19.2 Å². The summed E-state index contributed by atoms with van der Waals surface area (Å²) in [5.74, 6) is 1.01. The highest BCUT2D eigenvalue weighted by Gasteiger charge is 2.41. The lowest BCUT2D eigenvalue weighted by Gasteiger charge is -2.24. The minimum Gasteiger partial charge on any atom is -0.321 e. The van der Waals surface area contributed by atoms with Crippen molar-refractivity contribution in [2.75, 3.05) is 6.54 Å². The van der Waals surface area contributed by atoms with Gasteiger partial charge in [0.25, 0.3) is 0 Å². The molecule has 114 valence electrons. The van der Waals surface area contributed by atoms with Gasteiger partial charge >= 0.3 is 0 Å². The van der Waals surface area contributed by atoms with Gasteiger partial charge in [-0.1, -0.05) is 26.0 Å². The molecule has 1 saturated carbocycles. The molecule has 1 saturated heterocycles. The minimum absolute atomic E-state index is 0.142. The zero-order valence-electron chi connectivity index (χ0n) is 12.7. The van der Waals surface area contributed by atoms with Gasteiger partial charge in [0, 0.05) is 6.54 Å². The maximum absolute atomic E-state index is 13.5. The van der Waals surface area contributed by atoms with Crippen molar-refractivity contribution in [3.63, 3.8) is 0 Å². The molecule has 4 heteroatoms. The number of rotatable bonds is 5. The predicted molar refractivity (Wildman–Crippen MR) is 80.0 cm³/mol. The lowest BCUT2D eigenvalue weighted by molar-refractivity contribution is -0.130. The van der Waals surface area contributed by atoms with E-state index < -0.39 is 0 Å². The van der Waals surface area contributed by atoms with Crippen molar-refractivity contribution in [3.05, 3.63) is 35.6 Å². The Hall–Kier alpha value is -1.42. The normalized spacial score (nSPS) is 25.9. The van der Waals surface area contributed by atoms with E-state index in [9.17, 15) is 9.18 Å². The zero-order valence-corrected chi connectivity index (χ0v) is 12.7. The van der Waals surface area contributed by atoms with Crippen molar-refractivity contribution in [1.29, 1.82) is 0 Å². The van der Waals surface area contributed by atoms with Crippen molar-refractivity contribution in [1.82, 2.24) is 10.2 Å². The molecule has 1 amide bonds. The van der Waals surface area contributed by atoms with Crippen LogP contribution in [0.15, 0.2) is 24.3 Å². The van der Waals surface area contributed by atoms with Crippen LogP contribution in [-0.2, 0) is 4.79 Å². The lowest BCUT2D eigenvalue weighted by atomic mass is 10.0. The van der Waals surface area contributed by atoms with Crippen molar-refractivity contribution in [3.8, 4) is 0 Å². The summed E-state index contributed by atoms with van der Waals surface area (Å²) in [7, 11) is 0. The van der Waals surface area contributed by atoms with Crippen LogP contribution >= 0.6 is 0 Å². The molecule has 1 aliphatic carbocycles. The number of hydrogen-bond donors (Lipinski definition) is 1. The molecular weight excluding hydrogens is 267 g/mol. The highest BCUT2D eigenvalue weighted by Crippen LogP contribution is 2.35. The first kappa shape index (κ1) is 14.5. The Kier molecular flexibility index (Phi) is 3.98. The summed E-state index contributed by atoms with van der Waals surface area (Å²) in [4.78, 5) is 14.6. The molecule has 21 heavy (non-hydrogen) atoms. The van der Waals surface area contributed by atoms with Crippen LogP contribution in [-0.4, -0.2) is 23.4 Å². The van der Waals surface area contributed by atoms with Gasteiger partial charge in [-0.2, -0.15) is 0 Å². The summed E-state index contributed by atoms with van der Waals surface area (Å²) in [6.45, 7) is 5.03. The van der Waals surface area contributed by atoms with Crippen LogP contribution in [0, 0.1) is 17.7 Å². The molecule has 1 heterocycles. The fourth-order valence-corrected chi connectivity index (χ4v) is 3.05. The van der Waals surface area contributed by atoms with Crippen molar-refractivity contribution in [2.45, 2.75) is 45.3 Å². The van der Waals surface area contributed by atoms with Gasteiger partial charge in [-0.15, -0.1) is 0 Å². The van der Waals surface area contributed by atoms with E-state index in [4.69, 9.17) is 0 Å². The first-order valence-corrected chi connectivity index (χ1v) is 7.86. The fraction of sp³-hybridized carbons (Fsp3) is 0.588. The second-order valence-electron chi connectivity index (χ2n) is 6.74. The van der Waals surface area contributed by atoms with Crippen LogP contribution in [0.3, 0.4) is 0 Å². The van der Waals surface area contributed by atoms with E-state index >= 15 is 0 Å². The van der Waals surface area contributed by atoms with Gasteiger partial charge in [0.15, 0.2) is 0 Å². The summed E-state index contributed by atoms with van der Waals surface area (Å²) >= 11 is 0. The van der Waals surface area contributed by atoms with Crippen LogP contribution in [0.5, 0.6) is 0 Å². The minimum atomic E-state index is -0.250. The Morgan fingerprint density at radius 1 is 1.38 bits per heavy atom. The molecule has 3 rings (SSSR count). The second kappa shape index (κ2) is 5.76. The second-order valence-corrected chi connectivity index (χ2v) is 6.74. The Bertz CT molecular complexity index is 527. The van der Waals surface area contributed by atoms with Crippen LogP contribution < -0.4 is 5.32 Å². The largest absolute Gasteiger partial charge is 0.321 e. The maximum atomic E-state index is 13.5. The van der Waals surface area contributed by atoms with Gasteiger partial charge in [0.1, 0.15) is 12.0 Å². The molecule has 2 fully saturated rings. The van der Waals surface area contributed by atoms with E-state index in [0.717, 1.165) is 18.5 Å². The summed E-state index contributed by atoms with van der Waals surface area (Å²) in [6, 6.07) is 6.44. The number of carbonyl (C=O) groups excluding carboxylic acids is 1. The van der Waals surface area contributed by atoms with Crippen LogP contribution in [0.1, 0.15) is 44.8 Å². The number of halogens is 1. The first-order valence-electron chi connectivity index (χ1n) is 7.86. The molecule has 1 aromatic carbocycles. The quantitative estimate of drug-likeness (QED) is 0.904. The number of nitrogens with one attached hydrogen (secondary N) is 1. The predicted octanol–water partition coefficient (Wildman–Crippen LogP) is 3.08. The molecule has 0 bridgehead atoms. The Labute approximate surface area is 125 Å². The van der Waals surface area contributed by atoms with Gasteiger partial charge in [-0.05, 0) is 48.8 Å². The molecule has 2 aliphatic rings. The van der Waals surface area contributed by atoms with E-state index in [1.165, 1.54) is 25.0 Å². The molecule has 2 atom stereocenters. The van der Waals surface area contributed by atoms with Crippen molar-refractivity contribution < 1.29 is 9.18 Å². The SMILES string of the molecule is CC(C)CC1NC(c2cccc(F)c2)N(CC2CC2)C1=O. The van der Waals surface area contributed by atoms with E-state index in [1.54, 1.807) is 6.07 Å². The van der Waals surface area contributed by atoms with E-state index in [1.807, 2.05) is 11.0 Å². The molecule has 1 aliphatic heterocycles. The average Bonchev–Trinajstić information content (AvgIpc) is 3.19. The zero-order chi connectivity index (χ0) is 15.0. The van der Waals surface area contributed by atoms with E-state index in [0.29, 0.717) is 11.8 Å². The van der Waals surface area contributed by atoms with Gasteiger partial charge in [0.05, 0.1) is 6.04 Å². The Balaban J connectivity index is 1.83. The Morgan fingerprint density at radius 2 is 2.14 bits per heavy atom. The number of carbonyl (C=O) groups is 1. The molecule has 0 spiro atoms. The third kappa shape index (κ3) is 3.26. The molecule has 3 nitrogen and oxygen atoms in total. The molecule has 0 radical (unpaired) electrons. The fourth-order valence-electron chi connectivity index (χ4n) is 3.05. The van der Waals surface area contributed by atoms with Gasteiger partial charge in [0.2, 0.25) is 5.91 Å². The van der Waals surface area contributed by atoms with Crippen molar-refractivity contribution >= 4 is 5.91 Å². The van der Waals surface area contributed by atoms with Crippen LogP contribution in [0.4, 0.5) is 4.39 Å². The summed E-state index contributed by atoms with van der Waals surface area (Å²) in [5, 5.41) is 3.41.